The molecule has 0 aromatic heterocycles. The Kier molecular flexibility index (Phi) is 4.42. The minimum Gasteiger partial charge on any atom is -0.507 e. The van der Waals surface area contributed by atoms with Gasteiger partial charge in [0.25, 0.3) is 5.91 Å². The fourth-order valence-corrected chi connectivity index (χ4v) is 2.15. The van der Waals surface area contributed by atoms with E-state index in [2.05, 4.69) is 5.32 Å². The first-order valence-electron chi connectivity index (χ1n) is 6.77. The Balaban J connectivity index is 2.26. The molecule has 0 atom stereocenters. The van der Waals surface area contributed by atoms with Gasteiger partial charge in [0.15, 0.2) is 0 Å². The Labute approximate surface area is 123 Å². The zero-order valence-corrected chi connectivity index (χ0v) is 12.1. The number of benzene rings is 2. The summed E-state index contributed by atoms with van der Waals surface area (Å²) in [6, 6.07) is 10.7. The van der Waals surface area contributed by atoms with E-state index in [4.69, 9.17) is 0 Å². The molecule has 21 heavy (non-hydrogen) atoms. The Hall–Kier alpha value is -2.56. The maximum Gasteiger partial charge on any atom is 0.257 e. The molecule has 0 heterocycles. The van der Waals surface area contributed by atoms with E-state index in [1.54, 1.807) is 12.1 Å². The van der Waals surface area contributed by atoms with Crippen molar-refractivity contribution in [2.75, 3.05) is 20.1 Å². The first-order valence-corrected chi connectivity index (χ1v) is 6.77. The van der Waals surface area contributed by atoms with Crippen molar-refractivity contribution in [1.82, 2.24) is 10.2 Å². The molecule has 0 spiro atoms. The summed E-state index contributed by atoms with van der Waals surface area (Å²) >= 11 is 0. The molecule has 0 aliphatic rings. The van der Waals surface area contributed by atoms with Gasteiger partial charge in [-0.3, -0.25) is 9.59 Å². The van der Waals surface area contributed by atoms with Gasteiger partial charge in [-0.2, -0.15) is 0 Å². The second kappa shape index (κ2) is 6.26. The van der Waals surface area contributed by atoms with Crippen LogP contribution in [0.5, 0.6) is 5.75 Å². The molecule has 0 saturated carbocycles. The van der Waals surface area contributed by atoms with Crippen molar-refractivity contribution >= 4 is 22.6 Å². The Morgan fingerprint density at radius 1 is 1.19 bits per heavy atom. The second-order valence-electron chi connectivity index (χ2n) is 4.83. The lowest BCUT2D eigenvalue weighted by Crippen LogP contribution is -2.38. The van der Waals surface area contributed by atoms with Crippen LogP contribution in [-0.2, 0) is 4.79 Å². The zero-order chi connectivity index (χ0) is 15.4. The third kappa shape index (κ3) is 3.31. The van der Waals surface area contributed by atoms with Crippen molar-refractivity contribution in [3.63, 3.8) is 0 Å². The van der Waals surface area contributed by atoms with Crippen molar-refractivity contribution in [1.29, 1.82) is 0 Å². The highest BCUT2D eigenvalue weighted by Gasteiger charge is 2.18. The summed E-state index contributed by atoms with van der Waals surface area (Å²) in [7, 11) is 1.53. The topological polar surface area (TPSA) is 69.6 Å². The van der Waals surface area contributed by atoms with Crippen LogP contribution in [0.3, 0.4) is 0 Å². The van der Waals surface area contributed by atoms with Crippen LogP contribution in [0.1, 0.15) is 17.3 Å². The Bertz CT molecular complexity index is 682. The summed E-state index contributed by atoms with van der Waals surface area (Å²) < 4.78 is 0. The highest BCUT2D eigenvalue weighted by molar-refractivity contribution is 6.02. The number of likely N-dealkylation sites (N-methyl/N-ethyl adjacent to an activating group) is 2. The largest absolute Gasteiger partial charge is 0.507 e. The average Bonchev–Trinajstić information content (AvgIpc) is 2.46. The quantitative estimate of drug-likeness (QED) is 0.899. The summed E-state index contributed by atoms with van der Waals surface area (Å²) in [6.07, 6.45) is 0. The van der Waals surface area contributed by atoms with Gasteiger partial charge >= 0.3 is 0 Å². The first kappa shape index (κ1) is 14.8. The summed E-state index contributed by atoms with van der Waals surface area (Å²) in [5, 5.41) is 14.4. The molecule has 2 rings (SSSR count). The molecule has 5 nitrogen and oxygen atoms in total. The van der Waals surface area contributed by atoms with Gasteiger partial charge in [-0.25, -0.2) is 0 Å². The van der Waals surface area contributed by atoms with Crippen molar-refractivity contribution in [2.45, 2.75) is 6.92 Å². The Morgan fingerprint density at radius 2 is 1.81 bits per heavy atom. The normalized spacial score (nSPS) is 10.4. The van der Waals surface area contributed by atoms with E-state index in [0.29, 0.717) is 6.54 Å². The minimum atomic E-state index is -0.385. The van der Waals surface area contributed by atoms with E-state index >= 15 is 0 Å². The number of phenols is 1. The number of carbonyl (C=O) groups is 2. The minimum absolute atomic E-state index is 0.0427. The molecule has 0 bridgehead atoms. The number of hydrogen-bond donors (Lipinski definition) is 2. The molecular weight excluding hydrogens is 268 g/mol. The van der Waals surface area contributed by atoms with E-state index in [-0.39, 0.29) is 29.7 Å². The van der Waals surface area contributed by atoms with Gasteiger partial charge in [0.2, 0.25) is 5.91 Å². The third-order valence-corrected chi connectivity index (χ3v) is 3.20. The molecule has 2 N–H and O–H groups in total. The van der Waals surface area contributed by atoms with Crippen molar-refractivity contribution < 1.29 is 14.7 Å². The molecule has 0 aliphatic carbocycles. The van der Waals surface area contributed by atoms with Gasteiger partial charge in [-0.1, -0.05) is 24.3 Å². The maximum atomic E-state index is 12.3. The van der Waals surface area contributed by atoms with Crippen LogP contribution in [0.15, 0.2) is 36.4 Å². The van der Waals surface area contributed by atoms with Gasteiger partial charge in [0.1, 0.15) is 5.75 Å². The summed E-state index contributed by atoms with van der Waals surface area (Å²) in [6.45, 7) is 2.29. The first-order chi connectivity index (χ1) is 10.0. The zero-order valence-electron chi connectivity index (χ0n) is 12.1. The third-order valence-electron chi connectivity index (χ3n) is 3.20. The van der Waals surface area contributed by atoms with Crippen molar-refractivity contribution in [3.8, 4) is 5.75 Å². The molecule has 110 valence electrons. The SMILES string of the molecule is CCNC(=O)CN(C)C(=O)c1cc2ccccc2cc1O. The number of nitrogens with zero attached hydrogens (tertiary/aromatic N) is 1. The van der Waals surface area contributed by atoms with E-state index in [1.165, 1.54) is 11.9 Å². The van der Waals surface area contributed by atoms with Crippen LogP contribution in [-0.4, -0.2) is 42.0 Å². The van der Waals surface area contributed by atoms with Crippen molar-refractivity contribution in [3.05, 3.63) is 42.0 Å². The van der Waals surface area contributed by atoms with Crippen LogP contribution in [0.2, 0.25) is 0 Å². The number of aromatic hydroxyl groups is 1. The molecular formula is C16H18N2O3. The summed E-state index contributed by atoms with van der Waals surface area (Å²) in [5.74, 6) is -0.695. The number of nitrogens with one attached hydrogen (secondary N) is 1. The number of rotatable bonds is 4. The molecule has 0 radical (unpaired) electrons. The van der Waals surface area contributed by atoms with Gasteiger partial charge in [0.05, 0.1) is 12.1 Å². The molecule has 0 aliphatic heterocycles. The molecule has 5 heteroatoms. The highest BCUT2D eigenvalue weighted by atomic mass is 16.3. The monoisotopic (exact) mass is 286 g/mol. The predicted octanol–water partition coefficient (Wildman–Crippen LogP) is 1.75. The van der Waals surface area contributed by atoms with Gasteiger partial charge in [-0.05, 0) is 29.8 Å². The van der Waals surface area contributed by atoms with E-state index in [9.17, 15) is 14.7 Å². The fraction of sp³-hybridized carbons (Fsp3) is 0.250. The van der Waals surface area contributed by atoms with E-state index < -0.39 is 0 Å². The number of phenolic OH excluding ortho intramolecular Hbond substituents is 1. The second-order valence-corrected chi connectivity index (χ2v) is 4.83. The highest BCUT2D eigenvalue weighted by Crippen LogP contribution is 2.25. The lowest BCUT2D eigenvalue weighted by molar-refractivity contribution is -0.121. The van der Waals surface area contributed by atoms with Crippen molar-refractivity contribution in [2.24, 2.45) is 0 Å². The maximum absolute atomic E-state index is 12.3. The van der Waals surface area contributed by atoms with Crippen LogP contribution >= 0.6 is 0 Å². The summed E-state index contributed by atoms with van der Waals surface area (Å²) in [4.78, 5) is 25.1. The number of carbonyl (C=O) groups excluding carboxylic acids is 2. The smallest absolute Gasteiger partial charge is 0.257 e. The van der Waals surface area contributed by atoms with Gasteiger partial charge in [-0.15, -0.1) is 0 Å². The number of amides is 2. The molecule has 2 aromatic carbocycles. The fourth-order valence-electron chi connectivity index (χ4n) is 2.15. The molecule has 0 fully saturated rings. The predicted molar refractivity (Wildman–Crippen MR) is 81.3 cm³/mol. The molecule has 0 saturated heterocycles. The number of fused-ring (bicyclic) bond motifs is 1. The van der Waals surface area contributed by atoms with Crippen LogP contribution < -0.4 is 5.32 Å². The van der Waals surface area contributed by atoms with Crippen LogP contribution in [0.4, 0.5) is 0 Å². The average molecular weight is 286 g/mol. The molecule has 0 unspecified atom stereocenters. The lowest BCUT2D eigenvalue weighted by Gasteiger charge is -2.17. The van der Waals surface area contributed by atoms with E-state index in [1.807, 2.05) is 31.2 Å². The standard InChI is InChI=1S/C16H18N2O3/c1-3-17-15(20)10-18(2)16(21)13-8-11-6-4-5-7-12(11)9-14(13)19/h4-9,19H,3,10H2,1-2H3,(H,17,20). The lowest BCUT2D eigenvalue weighted by atomic mass is 10.1. The van der Waals surface area contributed by atoms with Gasteiger partial charge in [0, 0.05) is 13.6 Å². The Morgan fingerprint density at radius 3 is 2.43 bits per heavy atom. The molecule has 2 amide bonds. The van der Waals surface area contributed by atoms with E-state index in [0.717, 1.165) is 10.8 Å². The van der Waals surface area contributed by atoms with Crippen LogP contribution in [0.25, 0.3) is 10.8 Å². The number of hydrogen-bond acceptors (Lipinski definition) is 3. The molecule has 2 aromatic rings. The van der Waals surface area contributed by atoms with Crippen LogP contribution in [0, 0.1) is 0 Å². The van der Waals surface area contributed by atoms with Gasteiger partial charge < -0.3 is 15.3 Å². The summed E-state index contributed by atoms with van der Waals surface area (Å²) in [5.41, 5.74) is 0.195.